The molecule has 0 aliphatic rings. The number of nitrogens with one attached hydrogen (secondary N) is 1. The molecular weight excluding hydrogens is 278 g/mol. The fourth-order valence-electron chi connectivity index (χ4n) is 1.48. The second-order valence-corrected chi connectivity index (χ2v) is 7.38. The Kier molecular flexibility index (Phi) is 4.75. The zero-order chi connectivity index (χ0) is 13.1. The number of carbonyl (C=O) groups excluding carboxylic acids is 1. The van der Waals surface area contributed by atoms with Crippen LogP contribution in [0.3, 0.4) is 0 Å². The molecule has 0 bridgehead atoms. The minimum Gasteiger partial charge on any atom is -0.326 e. The van der Waals surface area contributed by atoms with Crippen LogP contribution in [0.1, 0.15) is 33.3 Å². The van der Waals surface area contributed by atoms with E-state index >= 15 is 0 Å². The summed E-state index contributed by atoms with van der Waals surface area (Å²) in [6.07, 6.45) is 0.964. The molecule has 0 aromatic heterocycles. The molecule has 0 aliphatic carbocycles. The van der Waals surface area contributed by atoms with Gasteiger partial charge in [-0.25, -0.2) is 0 Å². The number of halogens is 1. The van der Waals surface area contributed by atoms with Crippen LogP contribution in [-0.2, 0) is 11.2 Å². The third kappa shape index (κ3) is 5.35. The van der Waals surface area contributed by atoms with E-state index in [1.165, 1.54) is 5.56 Å². The molecule has 0 radical (unpaired) electrons. The topological polar surface area (TPSA) is 29.1 Å². The Morgan fingerprint density at radius 3 is 2.24 bits per heavy atom. The van der Waals surface area contributed by atoms with E-state index in [1.54, 1.807) is 0 Å². The van der Waals surface area contributed by atoms with Crippen LogP contribution in [0.5, 0.6) is 0 Å². The molecule has 1 rings (SSSR count). The third-order valence-electron chi connectivity index (χ3n) is 2.37. The second-order valence-electron chi connectivity index (χ2n) is 5.24. The van der Waals surface area contributed by atoms with E-state index in [0.717, 1.165) is 12.1 Å². The highest BCUT2D eigenvalue weighted by Crippen LogP contribution is 2.22. The fraction of sp³-hybridized carbons (Fsp3) is 0.500. The lowest BCUT2D eigenvalue weighted by molar-refractivity contribution is -0.118. The van der Waals surface area contributed by atoms with Crippen molar-refractivity contribution in [3.8, 4) is 0 Å². The Balaban J connectivity index is 2.65. The van der Waals surface area contributed by atoms with Gasteiger partial charge in [0.1, 0.15) is 0 Å². The van der Waals surface area contributed by atoms with Gasteiger partial charge in [-0.05, 0) is 38.0 Å². The van der Waals surface area contributed by atoms with Crippen LogP contribution in [0.25, 0.3) is 0 Å². The Morgan fingerprint density at radius 1 is 1.29 bits per heavy atom. The predicted molar refractivity (Wildman–Crippen MR) is 76.6 cm³/mol. The smallest absolute Gasteiger partial charge is 0.226 e. The van der Waals surface area contributed by atoms with E-state index in [-0.39, 0.29) is 16.1 Å². The van der Waals surface area contributed by atoms with Crippen molar-refractivity contribution in [3.63, 3.8) is 0 Å². The fourth-order valence-corrected chi connectivity index (χ4v) is 1.80. The first-order chi connectivity index (χ1) is 7.78. The number of amides is 1. The Bertz CT molecular complexity index is 376. The van der Waals surface area contributed by atoms with Gasteiger partial charge in [0, 0.05) is 15.9 Å². The van der Waals surface area contributed by atoms with Gasteiger partial charge in [0.15, 0.2) is 0 Å². The van der Waals surface area contributed by atoms with Gasteiger partial charge in [-0.1, -0.05) is 41.9 Å². The van der Waals surface area contributed by atoms with Gasteiger partial charge in [0.25, 0.3) is 0 Å². The summed E-state index contributed by atoms with van der Waals surface area (Å²) < 4.78 is 0.107. The number of alkyl halides is 1. The number of benzene rings is 1. The lowest BCUT2D eigenvalue weighted by Crippen LogP contribution is -2.17. The molecule has 0 atom stereocenters. The van der Waals surface area contributed by atoms with E-state index in [4.69, 9.17) is 0 Å². The van der Waals surface area contributed by atoms with Crippen LogP contribution >= 0.6 is 15.9 Å². The average molecular weight is 298 g/mol. The molecule has 0 spiro atoms. The molecule has 0 saturated carbocycles. The number of rotatable bonds is 4. The van der Waals surface area contributed by atoms with Crippen LogP contribution in [0.4, 0.5) is 5.69 Å². The van der Waals surface area contributed by atoms with E-state index < -0.39 is 0 Å². The minimum absolute atomic E-state index is 0.0103. The number of carbonyl (C=O) groups is 1. The van der Waals surface area contributed by atoms with Crippen molar-refractivity contribution in [2.45, 2.75) is 38.4 Å². The monoisotopic (exact) mass is 297 g/mol. The van der Waals surface area contributed by atoms with Crippen LogP contribution in [-0.4, -0.2) is 10.2 Å². The first kappa shape index (κ1) is 14.2. The number of anilines is 1. The molecule has 0 heterocycles. The molecule has 0 fully saturated rings. The van der Waals surface area contributed by atoms with Gasteiger partial charge in [-0.15, -0.1) is 0 Å². The number of hydrogen-bond acceptors (Lipinski definition) is 1. The van der Waals surface area contributed by atoms with Gasteiger partial charge >= 0.3 is 0 Å². The molecule has 17 heavy (non-hydrogen) atoms. The summed E-state index contributed by atoms with van der Waals surface area (Å²) in [6.45, 7) is 8.05. The molecule has 3 heteroatoms. The highest BCUT2D eigenvalue weighted by atomic mass is 79.9. The highest BCUT2D eigenvalue weighted by molar-refractivity contribution is 9.10. The maximum absolute atomic E-state index is 11.5. The quantitative estimate of drug-likeness (QED) is 0.836. The first-order valence-corrected chi connectivity index (χ1v) is 6.66. The summed E-state index contributed by atoms with van der Waals surface area (Å²) >= 11 is 3.62. The maximum Gasteiger partial charge on any atom is 0.226 e. The molecule has 0 aliphatic heterocycles. The Morgan fingerprint density at radius 2 is 1.82 bits per heavy atom. The van der Waals surface area contributed by atoms with Crippen molar-refractivity contribution >= 4 is 27.5 Å². The van der Waals surface area contributed by atoms with Crippen LogP contribution < -0.4 is 5.32 Å². The lowest BCUT2D eigenvalue weighted by atomic mass is 10.0. The summed E-state index contributed by atoms with van der Waals surface area (Å²) in [6, 6.07) is 8.01. The summed E-state index contributed by atoms with van der Waals surface area (Å²) in [5.41, 5.74) is 2.12. The molecule has 94 valence electrons. The zero-order valence-electron chi connectivity index (χ0n) is 10.9. The molecule has 1 N–H and O–H groups in total. The average Bonchev–Trinajstić information content (AvgIpc) is 2.18. The molecule has 1 aromatic carbocycles. The second kappa shape index (κ2) is 5.67. The third-order valence-corrected chi connectivity index (χ3v) is 2.65. The van der Waals surface area contributed by atoms with Gasteiger partial charge < -0.3 is 5.32 Å². The van der Waals surface area contributed by atoms with Gasteiger partial charge in [0.05, 0.1) is 0 Å². The summed E-state index contributed by atoms with van der Waals surface area (Å²) in [7, 11) is 0. The van der Waals surface area contributed by atoms with Crippen molar-refractivity contribution in [1.82, 2.24) is 0 Å². The molecule has 2 nitrogen and oxygen atoms in total. The molecule has 0 saturated heterocycles. The van der Waals surface area contributed by atoms with Crippen LogP contribution in [0.15, 0.2) is 24.3 Å². The first-order valence-electron chi connectivity index (χ1n) is 5.86. The molecule has 1 aromatic rings. The normalized spacial score (nSPS) is 11.6. The predicted octanol–water partition coefficient (Wildman–Crippen LogP) is 4.00. The summed E-state index contributed by atoms with van der Waals surface area (Å²) in [5, 5.41) is 2.88. The van der Waals surface area contributed by atoms with Crippen molar-refractivity contribution in [2.24, 2.45) is 5.92 Å². The molecular formula is C14H20BrNO. The SMILES string of the molecule is CC(C)C(=O)Nc1ccc(CC(C)(C)Br)cc1. The molecule has 1 amide bonds. The Hall–Kier alpha value is -0.830. The van der Waals surface area contributed by atoms with Crippen molar-refractivity contribution in [1.29, 1.82) is 0 Å². The lowest BCUT2D eigenvalue weighted by Gasteiger charge is -2.16. The van der Waals surface area contributed by atoms with Crippen molar-refractivity contribution in [3.05, 3.63) is 29.8 Å². The van der Waals surface area contributed by atoms with Crippen LogP contribution in [0.2, 0.25) is 0 Å². The van der Waals surface area contributed by atoms with E-state index in [1.807, 2.05) is 26.0 Å². The zero-order valence-corrected chi connectivity index (χ0v) is 12.5. The van der Waals surface area contributed by atoms with E-state index in [9.17, 15) is 4.79 Å². The summed E-state index contributed by atoms with van der Waals surface area (Å²) in [4.78, 5) is 11.5. The van der Waals surface area contributed by atoms with Gasteiger partial charge in [-0.2, -0.15) is 0 Å². The van der Waals surface area contributed by atoms with Gasteiger partial charge in [-0.3, -0.25) is 4.79 Å². The van der Waals surface area contributed by atoms with Crippen LogP contribution in [0, 0.1) is 5.92 Å². The van der Waals surface area contributed by atoms with E-state index in [0.29, 0.717) is 0 Å². The van der Waals surface area contributed by atoms with E-state index in [2.05, 4.69) is 47.2 Å². The molecule has 0 unspecified atom stereocenters. The maximum atomic E-state index is 11.5. The Labute approximate surface area is 112 Å². The van der Waals surface area contributed by atoms with Crippen molar-refractivity contribution in [2.75, 3.05) is 5.32 Å². The standard InChI is InChI=1S/C14H20BrNO/c1-10(2)13(17)16-12-7-5-11(6-8-12)9-14(3,4)15/h5-8,10H,9H2,1-4H3,(H,16,17). The van der Waals surface area contributed by atoms with Gasteiger partial charge in [0.2, 0.25) is 5.91 Å². The minimum atomic E-state index is 0.0103. The highest BCUT2D eigenvalue weighted by Gasteiger charge is 2.13. The summed E-state index contributed by atoms with van der Waals surface area (Å²) in [5.74, 6) is 0.0646. The number of hydrogen-bond donors (Lipinski definition) is 1. The largest absolute Gasteiger partial charge is 0.326 e. The van der Waals surface area contributed by atoms with Crippen molar-refractivity contribution < 1.29 is 4.79 Å².